The van der Waals surface area contributed by atoms with Gasteiger partial charge in [-0.25, -0.2) is 8.78 Å². The predicted octanol–water partition coefficient (Wildman–Crippen LogP) is 4.50. The van der Waals surface area contributed by atoms with Crippen LogP contribution in [0.4, 0.5) is 8.78 Å². The average molecular weight is 313 g/mol. The second kappa shape index (κ2) is 6.76. The lowest BCUT2D eigenvalue weighted by Gasteiger charge is -2.14. The number of benzene rings is 2. The van der Waals surface area contributed by atoms with Crippen molar-refractivity contribution in [3.63, 3.8) is 0 Å². The minimum Gasteiger partial charge on any atom is -0.493 e. The van der Waals surface area contributed by atoms with Gasteiger partial charge in [0, 0.05) is 6.07 Å². The number of hydrogen-bond acceptors (Lipinski definition) is 2. The lowest BCUT2D eigenvalue weighted by atomic mass is 10.0. The van der Waals surface area contributed by atoms with Crippen molar-refractivity contribution in [3.8, 4) is 11.5 Å². The SMILES string of the molecule is COc1ccc(C(Cl)Cc2ccc(F)cc2F)cc1OC. The Morgan fingerprint density at radius 2 is 1.71 bits per heavy atom. The molecule has 2 nitrogen and oxygen atoms in total. The summed E-state index contributed by atoms with van der Waals surface area (Å²) in [6.07, 6.45) is 0.253. The Morgan fingerprint density at radius 1 is 1.00 bits per heavy atom. The summed E-state index contributed by atoms with van der Waals surface area (Å²) in [4.78, 5) is 0. The van der Waals surface area contributed by atoms with Crippen LogP contribution in [0.3, 0.4) is 0 Å². The van der Waals surface area contributed by atoms with E-state index in [-0.39, 0.29) is 6.42 Å². The van der Waals surface area contributed by atoms with E-state index in [4.69, 9.17) is 21.1 Å². The molecule has 0 bridgehead atoms. The Morgan fingerprint density at radius 3 is 2.33 bits per heavy atom. The number of methoxy groups -OCH3 is 2. The summed E-state index contributed by atoms with van der Waals surface area (Å²) < 4.78 is 36.9. The van der Waals surface area contributed by atoms with Crippen molar-refractivity contribution in [1.29, 1.82) is 0 Å². The molecule has 1 unspecified atom stereocenters. The van der Waals surface area contributed by atoms with Gasteiger partial charge in [0.05, 0.1) is 19.6 Å². The highest BCUT2D eigenvalue weighted by Gasteiger charge is 2.15. The van der Waals surface area contributed by atoms with Gasteiger partial charge in [0.1, 0.15) is 11.6 Å². The maximum atomic E-state index is 13.6. The van der Waals surface area contributed by atoms with Crippen molar-refractivity contribution in [2.75, 3.05) is 14.2 Å². The maximum absolute atomic E-state index is 13.6. The molecule has 1 atom stereocenters. The predicted molar refractivity (Wildman–Crippen MR) is 78.2 cm³/mol. The summed E-state index contributed by atoms with van der Waals surface area (Å²) >= 11 is 6.32. The van der Waals surface area contributed by atoms with Crippen molar-refractivity contribution in [2.45, 2.75) is 11.8 Å². The van der Waals surface area contributed by atoms with Gasteiger partial charge in [-0.3, -0.25) is 0 Å². The zero-order valence-electron chi connectivity index (χ0n) is 11.7. The Labute approximate surface area is 127 Å². The maximum Gasteiger partial charge on any atom is 0.161 e. The van der Waals surface area contributed by atoms with Gasteiger partial charge in [-0.1, -0.05) is 12.1 Å². The summed E-state index contributed by atoms with van der Waals surface area (Å²) in [5.74, 6) is -0.0482. The molecule has 0 aliphatic heterocycles. The normalized spacial score (nSPS) is 12.0. The first-order valence-electron chi connectivity index (χ1n) is 6.35. The number of hydrogen-bond donors (Lipinski definition) is 0. The zero-order valence-corrected chi connectivity index (χ0v) is 12.5. The van der Waals surface area contributed by atoms with E-state index in [2.05, 4.69) is 0 Å². The minimum atomic E-state index is -0.603. The van der Waals surface area contributed by atoms with Crippen molar-refractivity contribution < 1.29 is 18.3 Å². The van der Waals surface area contributed by atoms with Crippen molar-refractivity contribution in [3.05, 3.63) is 59.2 Å². The quantitative estimate of drug-likeness (QED) is 0.757. The van der Waals surface area contributed by atoms with Crippen molar-refractivity contribution in [2.24, 2.45) is 0 Å². The second-order valence-electron chi connectivity index (χ2n) is 4.52. The Hall–Kier alpha value is -1.81. The van der Waals surface area contributed by atoms with Gasteiger partial charge >= 0.3 is 0 Å². The number of rotatable bonds is 5. The molecule has 2 aromatic rings. The largest absolute Gasteiger partial charge is 0.493 e. The van der Waals surface area contributed by atoms with Crippen LogP contribution in [0.25, 0.3) is 0 Å². The highest BCUT2D eigenvalue weighted by Crippen LogP contribution is 2.33. The average Bonchev–Trinajstić information content (AvgIpc) is 2.49. The number of halogens is 3. The smallest absolute Gasteiger partial charge is 0.161 e. The summed E-state index contributed by atoms with van der Waals surface area (Å²) in [5, 5.41) is -0.454. The molecule has 0 radical (unpaired) electrons. The van der Waals surface area contributed by atoms with Gasteiger partial charge in [-0.2, -0.15) is 0 Å². The van der Waals surface area contributed by atoms with Crippen LogP contribution in [-0.4, -0.2) is 14.2 Å². The van der Waals surface area contributed by atoms with E-state index in [9.17, 15) is 8.78 Å². The first-order valence-corrected chi connectivity index (χ1v) is 6.78. The topological polar surface area (TPSA) is 18.5 Å². The molecule has 0 spiro atoms. The van der Waals surface area contributed by atoms with Gasteiger partial charge in [0.2, 0.25) is 0 Å². The molecule has 21 heavy (non-hydrogen) atoms. The van der Waals surface area contributed by atoms with Gasteiger partial charge in [-0.05, 0) is 35.7 Å². The molecule has 0 aromatic heterocycles. The standard InChI is InChI=1S/C16H15ClF2O2/c1-20-15-6-4-10(8-16(15)21-2)13(17)7-11-3-5-12(18)9-14(11)19/h3-6,8-9,13H,7H2,1-2H3. The van der Waals surface area contributed by atoms with Crippen LogP contribution in [0, 0.1) is 11.6 Å². The molecule has 0 heterocycles. The van der Waals surface area contributed by atoms with Crippen LogP contribution >= 0.6 is 11.6 Å². The van der Waals surface area contributed by atoms with Crippen LogP contribution in [0.2, 0.25) is 0 Å². The molecule has 0 saturated heterocycles. The molecular weight excluding hydrogens is 298 g/mol. The first kappa shape index (κ1) is 15.6. The summed E-state index contributed by atoms with van der Waals surface area (Å²) in [6, 6.07) is 8.76. The fraction of sp³-hybridized carbons (Fsp3) is 0.250. The highest BCUT2D eigenvalue weighted by atomic mass is 35.5. The zero-order chi connectivity index (χ0) is 15.4. The molecule has 0 aliphatic rings. The Kier molecular flexibility index (Phi) is 5.02. The molecule has 2 rings (SSSR count). The van der Waals surface area contributed by atoms with E-state index >= 15 is 0 Å². The van der Waals surface area contributed by atoms with E-state index in [0.717, 1.165) is 11.6 Å². The molecule has 2 aromatic carbocycles. The summed E-state index contributed by atoms with van der Waals surface area (Å²) in [7, 11) is 3.08. The second-order valence-corrected chi connectivity index (χ2v) is 5.05. The van der Waals surface area contributed by atoms with E-state index in [1.807, 2.05) is 0 Å². The van der Waals surface area contributed by atoms with Crippen LogP contribution in [0.5, 0.6) is 11.5 Å². The van der Waals surface area contributed by atoms with E-state index in [0.29, 0.717) is 17.1 Å². The Balaban J connectivity index is 2.21. The van der Waals surface area contributed by atoms with E-state index in [1.165, 1.54) is 19.2 Å². The fourth-order valence-electron chi connectivity index (χ4n) is 2.05. The molecule has 0 fully saturated rings. The molecule has 112 valence electrons. The molecule has 0 saturated carbocycles. The van der Waals surface area contributed by atoms with Gasteiger partial charge in [-0.15, -0.1) is 11.6 Å². The third-order valence-electron chi connectivity index (χ3n) is 3.18. The van der Waals surface area contributed by atoms with Crippen LogP contribution in [-0.2, 0) is 6.42 Å². The van der Waals surface area contributed by atoms with Crippen LogP contribution in [0.15, 0.2) is 36.4 Å². The van der Waals surface area contributed by atoms with Gasteiger partial charge < -0.3 is 9.47 Å². The third-order valence-corrected chi connectivity index (χ3v) is 3.59. The fourth-order valence-corrected chi connectivity index (χ4v) is 2.35. The summed E-state index contributed by atoms with van der Waals surface area (Å²) in [5.41, 5.74) is 1.14. The minimum absolute atomic E-state index is 0.253. The lowest BCUT2D eigenvalue weighted by Crippen LogP contribution is -2.00. The van der Waals surface area contributed by atoms with E-state index in [1.54, 1.807) is 25.3 Å². The van der Waals surface area contributed by atoms with Crippen molar-refractivity contribution in [1.82, 2.24) is 0 Å². The molecule has 0 aliphatic carbocycles. The van der Waals surface area contributed by atoms with Crippen LogP contribution in [0.1, 0.15) is 16.5 Å². The summed E-state index contributed by atoms with van der Waals surface area (Å²) in [6.45, 7) is 0. The first-order chi connectivity index (χ1) is 10.0. The van der Waals surface area contributed by atoms with Crippen LogP contribution < -0.4 is 9.47 Å². The third kappa shape index (κ3) is 3.64. The lowest BCUT2D eigenvalue weighted by molar-refractivity contribution is 0.354. The molecule has 5 heteroatoms. The molecule has 0 amide bonds. The number of alkyl halides is 1. The molecule has 0 N–H and O–H groups in total. The van der Waals surface area contributed by atoms with Crippen molar-refractivity contribution >= 4 is 11.6 Å². The molecular formula is C16H15ClF2O2. The van der Waals surface area contributed by atoms with Gasteiger partial charge in [0.25, 0.3) is 0 Å². The Bertz CT molecular complexity index is 632. The number of ether oxygens (including phenoxy) is 2. The van der Waals surface area contributed by atoms with E-state index < -0.39 is 17.0 Å². The van der Waals surface area contributed by atoms with Gasteiger partial charge in [0.15, 0.2) is 11.5 Å². The monoisotopic (exact) mass is 312 g/mol. The highest BCUT2D eigenvalue weighted by molar-refractivity contribution is 6.21.